The second-order valence-electron chi connectivity index (χ2n) is 13.2. The standard InChI is InChI=1S/C38H46N4O2/c1-2-39-37(44)38(34-16-8-6-14-31(34)32-15-7-9-17-35(32)38)20-10-11-21-40-22-24-41(25-23-40)30-19-18-28-27-42(36(43)33(28)26-30)29-12-4-3-5-13-29/h6-9,14-19,26,29H,2-5,10-13,20-25,27H2,1H3,(H,39,44). The van der Waals surface area contributed by atoms with Crippen LogP contribution in [-0.2, 0) is 16.8 Å². The molecule has 3 aromatic rings. The molecule has 0 unspecified atom stereocenters. The maximum Gasteiger partial charge on any atom is 0.254 e. The fourth-order valence-electron chi connectivity index (χ4n) is 8.42. The lowest BCUT2D eigenvalue weighted by Gasteiger charge is -2.36. The molecule has 1 saturated carbocycles. The first-order valence-electron chi connectivity index (χ1n) is 17.0. The summed E-state index contributed by atoms with van der Waals surface area (Å²) in [4.78, 5) is 34.3. The number of carbonyl (C=O) groups excluding carboxylic acids is 2. The van der Waals surface area contributed by atoms with Crippen LogP contribution in [0.5, 0.6) is 0 Å². The SMILES string of the molecule is CCNC(=O)C1(CCCCN2CCN(c3ccc4c(c3)C(=O)N(C3CCCCC3)C4)CC2)c2ccccc2-c2ccccc21. The van der Waals surface area contributed by atoms with Crippen LogP contribution in [0.25, 0.3) is 11.1 Å². The van der Waals surface area contributed by atoms with E-state index in [1.165, 1.54) is 41.6 Å². The first-order valence-corrected chi connectivity index (χ1v) is 17.0. The third-order valence-corrected chi connectivity index (χ3v) is 10.7. The van der Waals surface area contributed by atoms with E-state index in [2.05, 4.69) is 86.7 Å². The molecule has 0 spiro atoms. The number of anilines is 1. The number of benzene rings is 3. The van der Waals surface area contributed by atoms with Gasteiger partial charge >= 0.3 is 0 Å². The number of likely N-dealkylation sites (N-methyl/N-ethyl adjacent to an activating group) is 1. The van der Waals surface area contributed by atoms with Crippen LogP contribution in [0.3, 0.4) is 0 Å². The summed E-state index contributed by atoms with van der Waals surface area (Å²) in [5, 5.41) is 3.18. The predicted octanol–water partition coefficient (Wildman–Crippen LogP) is 6.37. The van der Waals surface area contributed by atoms with Crippen LogP contribution in [0.1, 0.15) is 85.3 Å². The monoisotopic (exact) mass is 590 g/mol. The minimum absolute atomic E-state index is 0.126. The quantitative estimate of drug-likeness (QED) is 0.294. The molecule has 0 bridgehead atoms. The summed E-state index contributed by atoms with van der Waals surface area (Å²) < 4.78 is 0. The van der Waals surface area contributed by atoms with Crippen molar-refractivity contribution in [1.82, 2.24) is 15.1 Å². The van der Waals surface area contributed by atoms with Gasteiger partial charge in [0, 0.05) is 56.6 Å². The molecule has 0 atom stereocenters. The van der Waals surface area contributed by atoms with Gasteiger partial charge in [0.2, 0.25) is 5.91 Å². The molecule has 7 rings (SSSR count). The Kier molecular flexibility index (Phi) is 8.19. The highest BCUT2D eigenvalue weighted by Crippen LogP contribution is 2.51. The molecule has 1 saturated heterocycles. The van der Waals surface area contributed by atoms with E-state index in [1.807, 2.05) is 6.92 Å². The minimum Gasteiger partial charge on any atom is -0.369 e. The fraction of sp³-hybridized carbons (Fsp3) is 0.474. The van der Waals surface area contributed by atoms with Gasteiger partial charge in [-0.2, -0.15) is 0 Å². The van der Waals surface area contributed by atoms with Gasteiger partial charge < -0.3 is 15.1 Å². The zero-order valence-corrected chi connectivity index (χ0v) is 26.2. The van der Waals surface area contributed by atoms with E-state index in [9.17, 15) is 9.59 Å². The number of hydrogen-bond acceptors (Lipinski definition) is 4. The molecule has 1 N–H and O–H groups in total. The molecule has 3 aromatic carbocycles. The number of unbranched alkanes of at least 4 members (excludes halogenated alkanes) is 1. The molecule has 2 aliphatic carbocycles. The highest BCUT2D eigenvalue weighted by atomic mass is 16.2. The summed E-state index contributed by atoms with van der Waals surface area (Å²) in [6.45, 7) is 8.45. The number of fused-ring (bicyclic) bond motifs is 4. The molecule has 2 fully saturated rings. The van der Waals surface area contributed by atoms with E-state index in [0.717, 1.165) is 88.1 Å². The maximum atomic E-state index is 13.8. The predicted molar refractivity (Wildman–Crippen MR) is 177 cm³/mol. The van der Waals surface area contributed by atoms with Gasteiger partial charge in [0.25, 0.3) is 5.91 Å². The molecule has 44 heavy (non-hydrogen) atoms. The smallest absolute Gasteiger partial charge is 0.254 e. The molecule has 0 radical (unpaired) electrons. The summed E-state index contributed by atoms with van der Waals surface area (Å²) >= 11 is 0. The van der Waals surface area contributed by atoms with Gasteiger partial charge in [-0.15, -0.1) is 0 Å². The van der Waals surface area contributed by atoms with Gasteiger partial charge in [-0.05, 0) is 79.1 Å². The Morgan fingerprint density at radius 2 is 1.52 bits per heavy atom. The van der Waals surface area contributed by atoms with Crippen LogP contribution in [0, 0.1) is 0 Å². The highest BCUT2D eigenvalue weighted by Gasteiger charge is 2.48. The number of rotatable bonds is 9. The topological polar surface area (TPSA) is 55.9 Å². The Labute approximate surface area is 262 Å². The third kappa shape index (κ3) is 5.11. The second-order valence-corrected chi connectivity index (χ2v) is 13.2. The number of carbonyl (C=O) groups is 2. The first kappa shape index (κ1) is 29.1. The third-order valence-electron chi connectivity index (χ3n) is 10.7. The normalized spacial score (nSPS) is 19.5. The lowest BCUT2D eigenvalue weighted by atomic mass is 9.73. The van der Waals surface area contributed by atoms with Crippen LogP contribution < -0.4 is 10.2 Å². The van der Waals surface area contributed by atoms with E-state index in [0.29, 0.717) is 12.6 Å². The van der Waals surface area contributed by atoms with Gasteiger partial charge in [-0.1, -0.05) is 80.3 Å². The number of nitrogens with one attached hydrogen (secondary N) is 1. The summed E-state index contributed by atoms with van der Waals surface area (Å²) in [5.74, 6) is 0.367. The Bertz CT molecular complexity index is 1470. The maximum absolute atomic E-state index is 13.8. The highest BCUT2D eigenvalue weighted by molar-refractivity contribution is 6.01. The average Bonchev–Trinajstić information content (AvgIpc) is 3.56. The Hall–Kier alpha value is -3.64. The van der Waals surface area contributed by atoms with Crippen LogP contribution in [0.2, 0.25) is 0 Å². The number of nitrogens with zero attached hydrogens (tertiary/aromatic N) is 3. The van der Waals surface area contributed by atoms with E-state index < -0.39 is 5.41 Å². The lowest BCUT2D eigenvalue weighted by molar-refractivity contribution is -0.125. The van der Waals surface area contributed by atoms with Gasteiger partial charge in [-0.3, -0.25) is 14.5 Å². The Balaban J connectivity index is 0.958. The number of hydrogen-bond donors (Lipinski definition) is 1. The summed E-state index contributed by atoms with van der Waals surface area (Å²) in [5.41, 5.74) is 7.36. The van der Waals surface area contributed by atoms with Crippen molar-refractivity contribution in [3.05, 3.63) is 89.0 Å². The Morgan fingerprint density at radius 3 is 2.20 bits per heavy atom. The van der Waals surface area contributed by atoms with Gasteiger partial charge in [0.1, 0.15) is 5.41 Å². The van der Waals surface area contributed by atoms with E-state index in [-0.39, 0.29) is 11.8 Å². The van der Waals surface area contributed by atoms with Crippen molar-refractivity contribution < 1.29 is 9.59 Å². The van der Waals surface area contributed by atoms with Crippen LogP contribution in [0.15, 0.2) is 66.7 Å². The molecule has 2 aliphatic heterocycles. The summed E-state index contributed by atoms with van der Waals surface area (Å²) in [6.07, 6.45) is 8.98. The van der Waals surface area contributed by atoms with Crippen LogP contribution in [0.4, 0.5) is 5.69 Å². The molecule has 6 heteroatoms. The van der Waals surface area contributed by atoms with Crippen molar-refractivity contribution in [2.24, 2.45) is 0 Å². The van der Waals surface area contributed by atoms with Crippen molar-refractivity contribution >= 4 is 17.5 Å². The molecule has 0 aromatic heterocycles. The zero-order valence-electron chi connectivity index (χ0n) is 26.2. The lowest BCUT2D eigenvalue weighted by Crippen LogP contribution is -2.47. The van der Waals surface area contributed by atoms with Crippen molar-refractivity contribution in [3.8, 4) is 11.1 Å². The van der Waals surface area contributed by atoms with E-state index >= 15 is 0 Å². The average molecular weight is 591 g/mol. The van der Waals surface area contributed by atoms with E-state index in [4.69, 9.17) is 0 Å². The van der Waals surface area contributed by atoms with Crippen LogP contribution >= 0.6 is 0 Å². The molecule has 2 heterocycles. The number of piperazine rings is 1. The van der Waals surface area contributed by atoms with Crippen molar-refractivity contribution in [1.29, 1.82) is 0 Å². The summed E-state index contributed by atoms with van der Waals surface area (Å²) in [6, 6.07) is 23.9. The van der Waals surface area contributed by atoms with Crippen LogP contribution in [-0.4, -0.2) is 66.9 Å². The number of amides is 2. The first-order chi connectivity index (χ1) is 21.6. The van der Waals surface area contributed by atoms with Crippen molar-refractivity contribution in [2.45, 2.75) is 76.3 Å². The molecule has 2 amide bonds. The molecular weight excluding hydrogens is 544 g/mol. The zero-order chi connectivity index (χ0) is 30.1. The molecule has 230 valence electrons. The Morgan fingerprint density at radius 1 is 0.841 bits per heavy atom. The molecule has 6 nitrogen and oxygen atoms in total. The minimum atomic E-state index is -0.626. The largest absolute Gasteiger partial charge is 0.369 e. The van der Waals surface area contributed by atoms with Crippen molar-refractivity contribution in [3.63, 3.8) is 0 Å². The second kappa shape index (κ2) is 12.4. The van der Waals surface area contributed by atoms with Gasteiger partial charge in [0.15, 0.2) is 0 Å². The fourth-order valence-corrected chi connectivity index (χ4v) is 8.42. The van der Waals surface area contributed by atoms with Crippen molar-refractivity contribution in [2.75, 3.05) is 44.2 Å². The van der Waals surface area contributed by atoms with Gasteiger partial charge in [0.05, 0.1) is 0 Å². The molecular formula is C38H46N4O2. The van der Waals surface area contributed by atoms with E-state index in [1.54, 1.807) is 0 Å². The summed E-state index contributed by atoms with van der Waals surface area (Å²) in [7, 11) is 0. The molecule has 4 aliphatic rings. The van der Waals surface area contributed by atoms with Gasteiger partial charge in [-0.25, -0.2) is 0 Å².